The smallest absolute Gasteiger partial charge is 0.262 e. The molecule has 0 saturated carbocycles. The van der Waals surface area contributed by atoms with Crippen molar-refractivity contribution in [1.29, 1.82) is 0 Å². The van der Waals surface area contributed by atoms with Crippen LogP contribution in [0.25, 0.3) is 10.9 Å². The van der Waals surface area contributed by atoms with Gasteiger partial charge < -0.3 is 9.84 Å². The summed E-state index contributed by atoms with van der Waals surface area (Å²) < 4.78 is 7.49. The molecular weight excluding hydrogens is 372 g/mol. The highest BCUT2D eigenvalue weighted by atomic mass is 32.2. The summed E-state index contributed by atoms with van der Waals surface area (Å²) in [4.78, 5) is 17.3. The van der Waals surface area contributed by atoms with E-state index in [-0.39, 0.29) is 12.2 Å². The fraction of sp³-hybridized carbons (Fsp3) is 0.364. The average Bonchev–Trinajstić information content (AvgIpc) is 2.71. The van der Waals surface area contributed by atoms with E-state index in [4.69, 9.17) is 4.74 Å². The Balaban J connectivity index is 1.68. The van der Waals surface area contributed by atoms with Crippen molar-refractivity contribution in [2.45, 2.75) is 44.5 Å². The van der Waals surface area contributed by atoms with Gasteiger partial charge in [-0.3, -0.25) is 9.36 Å². The molecule has 0 unspecified atom stereocenters. The maximum atomic E-state index is 12.7. The van der Waals surface area contributed by atoms with E-state index in [1.807, 2.05) is 49.4 Å². The van der Waals surface area contributed by atoms with Gasteiger partial charge in [0, 0.05) is 12.3 Å². The zero-order chi connectivity index (χ0) is 20.1. The fourth-order valence-electron chi connectivity index (χ4n) is 3.03. The van der Waals surface area contributed by atoms with E-state index in [9.17, 15) is 9.90 Å². The van der Waals surface area contributed by atoms with Crippen molar-refractivity contribution in [1.82, 2.24) is 9.55 Å². The van der Waals surface area contributed by atoms with E-state index in [1.54, 1.807) is 10.6 Å². The number of ether oxygens (including phenoxy) is 1. The van der Waals surface area contributed by atoms with E-state index < -0.39 is 6.10 Å². The van der Waals surface area contributed by atoms with Crippen LogP contribution in [0.2, 0.25) is 0 Å². The Morgan fingerprint density at radius 3 is 2.61 bits per heavy atom. The lowest BCUT2D eigenvalue weighted by Crippen LogP contribution is -2.24. The van der Waals surface area contributed by atoms with Crippen molar-refractivity contribution >= 4 is 22.7 Å². The fourth-order valence-corrected chi connectivity index (χ4v) is 4.00. The number of nitrogens with zero attached hydrogens (tertiary/aromatic N) is 2. The van der Waals surface area contributed by atoms with Crippen LogP contribution in [-0.2, 0) is 6.54 Å². The van der Waals surface area contributed by atoms with Gasteiger partial charge in [0.1, 0.15) is 12.4 Å². The molecule has 1 N–H and O–H groups in total. The third-order valence-corrected chi connectivity index (χ3v) is 5.64. The molecule has 0 bridgehead atoms. The maximum Gasteiger partial charge on any atom is 0.262 e. The Hall–Kier alpha value is -2.31. The SMILES string of the molecule is CCn1c(SC[C@@H](O)COc2ccccc2C(C)C)nc2ccccc2c1=O. The van der Waals surface area contributed by atoms with Gasteiger partial charge in [-0.05, 0) is 36.6 Å². The first kappa shape index (κ1) is 20.4. The average molecular weight is 399 g/mol. The molecule has 3 aromatic rings. The molecule has 1 atom stereocenters. The molecule has 148 valence electrons. The van der Waals surface area contributed by atoms with Crippen LogP contribution in [0.5, 0.6) is 5.75 Å². The summed E-state index contributed by atoms with van der Waals surface area (Å²) >= 11 is 1.38. The minimum absolute atomic E-state index is 0.0489. The molecule has 2 aromatic carbocycles. The van der Waals surface area contributed by atoms with Crippen LogP contribution < -0.4 is 10.3 Å². The summed E-state index contributed by atoms with van der Waals surface area (Å²) in [5.41, 5.74) is 1.75. The number of fused-ring (bicyclic) bond motifs is 1. The molecule has 1 heterocycles. The van der Waals surface area contributed by atoms with Crippen LogP contribution in [0, 0.1) is 0 Å². The predicted molar refractivity (Wildman–Crippen MR) is 114 cm³/mol. The number of para-hydroxylation sites is 2. The highest BCUT2D eigenvalue weighted by molar-refractivity contribution is 7.99. The topological polar surface area (TPSA) is 64.3 Å². The lowest BCUT2D eigenvalue weighted by molar-refractivity contribution is 0.125. The van der Waals surface area contributed by atoms with Gasteiger partial charge in [0.05, 0.1) is 17.0 Å². The minimum atomic E-state index is -0.668. The van der Waals surface area contributed by atoms with E-state index >= 15 is 0 Å². The molecule has 3 rings (SSSR count). The Labute approximate surface area is 169 Å². The van der Waals surface area contributed by atoms with Crippen LogP contribution in [0.3, 0.4) is 0 Å². The Kier molecular flexibility index (Phi) is 6.75. The number of rotatable bonds is 8. The number of thioether (sulfide) groups is 1. The van der Waals surface area contributed by atoms with Gasteiger partial charge in [-0.2, -0.15) is 0 Å². The van der Waals surface area contributed by atoms with Crippen LogP contribution in [0.1, 0.15) is 32.3 Å². The van der Waals surface area contributed by atoms with E-state index in [1.165, 1.54) is 11.8 Å². The number of aliphatic hydroxyl groups is 1. The van der Waals surface area contributed by atoms with Crippen LogP contribution in [-0.4, -0.2) is 33.1 Å². The molecule has 5 nitrogen and oxygen atoms in total. The van der Waals surface area contributed by atoms with Crippen molar-refractivity contribution < 1.29 is 9.84 Å². The van der Waals surface area contributed by atoms with Crippen LogP contribution in [0.15, 0.2) is 58.5 Å². The van der Waals surface area contributed by atoms with Crippen molar-refractivity contribution in [3.8, 4) is 5.75 Å². The predicted octanol–water partition coefficient (Wildman–Crippen LogP) is 4.07. The molecule has 0 aliphatic heterocycles. The first-order valence-corrected chi connectivity index (χ1v) is 10.5. The molecule has 0 aliphatic carbocycles. The lowest BCUT2D eigenvalue weighted by atomic mass is 10.0. The van der Waals surface area contributed by atoms with Gasteiger partial charge in [-0.15, -0.1) is 0 Å². The molecule has 0 spiro atoms. The first-order valence-electron chi connectivity index (χ1n) is 9.53. The highest BCUT2D eigenvalue weighted by Gasteiger charge is 2.14. The minimum Gasteiger partial charge on any atom is -0.491 e. The second kappa shape index (κ2) is 9.26. The highest BCUT2D eigenvalue weighted by Crippen LogP contribution is 2.26. The summed E-state index contributed by atoms with van der Waals surface area (Å²) in [6, 6.07) is 15.2. The van der Waals surface area contributed by atoms with Gasteiger partial charge in [0.25, 0.3) is 5.56 Å². The van der Waals surface area contributed by atoms with Crippen molar-refractivity contribution in [2.24, 2.45) is 0 Å². The monoisotopic (exact) mass is 398 g/mol. The molecule has 0 saturated heterocycles. The Bertz CT molecular complexity index is 1000. The summed E-state index contributed by atoms with van der Waals surface area (Å²) in [6.07, 6.45) is -0.668. The Morgan fingerprint density at radius 2 is 1.86 bits per heavy atom. The van der Waals surface area contributed by atoms with Crippen molar-refractivity contribution in [3.05, 3.63) is 64.4 Å². The summed E-state index contributed by atoms with van der Waals surface area (Å²) in [7, 11) is 0. The molecule has 0 radical (unpaired) electrons. The standard InChI is InChI=1S/C22H26N2O3S/c1-4-24-21(26)18-10-5-7-11-19(18)23-22(24)28-14-16(25)13-27-20-12-8-6-9-17(20)15(2)3/h5-12,15-16,25H,4,13-14H2,1-3H3/t16-/m0/s1. The van der Waals surface area contributed by atoms with E-state index in [2.05, 4.69) is 18.8 Å². The summed E-state index contributed by atoms with van der Waals surface area (Å²) in [5, 5.41) is 11.6. The van der Waals surface area contributed by atoms with E-state index in [0.717, 1.165) is 11.3 Å². The largest absolute Gasteiger partial charge is 0.491 e. The number of hydrogen-bond donors (Lipinski definition) is 1. The van der Waals surface area contributed by atoms with Gasteiger partial charge in [0.15, 0.2) is 5.16 Å². The lowest BCUT2D eigenvalue weighted by Gasteiger charge is -2.17. The number of aromatic nitrogens is 2. The number of benzene rings is 2. The van der Waals surface area contributed by atoms with E-state index in [0.29, 0.717) is 34.3 Å². The molecule has 6 heteroatoms. The van der Waals surface area contributed by atoms with Gasteiger partial charge in [0.2, 0.25) is 0 Å². The zero-order valence-corrected chi connectivity index (χ0v) is 17.3. The van der Waals surface area contributed by atoms with Crippen LogP contribution >= 0.6 is 11.8 Å². The quantitative estimate of drug-likeness (QED) is 0.458. The summed E-state index contributed by atoms with van der Waals surface area (Å²) in [5.74, 6) is 1.55. The third kappa shape index (κ3) is 4.56. The molecular formula is C22H26N2O3S. The van der Waals surface area contributed by atoms with Crippen LogP contribution in [0.4, 0.5) is 0 Å². The summed E-state index contributed by atoms with van der Waals surface area (Å²) in [6.45, 7) is 6.88. The number of hydrogen-bond acceptors (Lipinski definition) is 5. The van der Waals surface area contributed by atoms with Gasteiger partial charge in [-0.1, -0.05) is 55.9 Å². The second-order valence-corrected chi connectivity index (χ2v) is 7.92. The van der Waals surface area contributed by atoms with Crippen molar-refractivity contribution in [2.75, 3.05) is 12.4 Å². The second-order valence-electron chi connectivity index (χ2n) is 6.93. The Morgan fingerprint density at radius 1 is 1.14 bits per heavy atom. The molecule has 0 aliphatic rings. The maximum absolute atomic E-state index is 12.7. The van der Waals surface area contributed by atoms with Gasteiger partial charge >= 0.3 is 0 Å². The zero-order valence-electron chi connectivity index (χ0n) is 16.5. The molecule has 1 aromatic heterocycles. The molecule has 0 fully saturated rings. The number of aliphatic hydroxyl groups excluding tert-OH is 1. The normalized spacial score (nSPS) is 12.5. The molecule has 0 amide bonds. The molecule has 28 heavy (non-hydrogen) atoms. The third-order valence-electron chi connectivity index (χ3n) is 4.52. The van der Waals surface area contributed by atoms with Gasteiger partial charge in [-0.25, -0.2) is 4.98 Å². The van der Waals surface area contributed by atoms with Crippen molar-refractivity contribution in [3.63, 3.8) is 0 Å². The first-order chi connectivity index (χ1) is 13.5.